The molecule has 0 saturated heterocycles. The molecule has 0 aromatic heterocycles. The minimum absolute atomic E-state index is 0.396. The molecule has 1 aromatic carbocycles. The van der Waals surface area contributed by atoms with Gasteiger partial charge in [0.05, 0.1) is 6.04 Å². The Balaban J connectivity index is 2.47. The number of hydrogen-bond acceptors (Lipinski definition) is 3. The van der Waals surface area contributed by atoms with Crippen molar-refractivity contribution >= 4 is 0 Å². The quantitative estimate of drug-likeness (QED) is 0.760. The van der Waals surface area contributed by atoms with Crippen LogP contribution in [-0.4, -0.2) is 16.7 Å². The predicted molar refractivity (Wildman–Crippen MR) is 63.5 cm³/mol. The maximum atomic E-state index is 10.2. The monoisotopic (exact) mass is 221 g/mol. The fourth-order valence-corrected chi connectivity index (χ4v) is 2.07. The van der Waals surface area contributed by atoms with E-state index >= 15 is 0 Å². The molecule has 0 radical (unpaired) electrons. The van der Waals surface area contributed by atoms with Crippen LogP contribution >= 0.6 is 0 Å². The minimum atomic E-state index is -0.648. The molecule has 3 nitrogen and oxygen atoms in total. The van der Waals surface area contributed by atoms with Crippen LogP contribution in [0.2, 0.25) is 0 Å². The van der Waals surface area contributed by atoms with Gasteiger partial charge < -0.3 is 15.6 Å². The van der Waals surface area contributed by atoms with Crippen molar-refractivity contribution in [3.63, 3.8) is 0 Å². The second kappa shape index (κ2) is 3.75. The summed E-state index contributed by atoms with van der Waals surface area (Å²) in [6.45, 7) is 5.89. The third-order valence-electron chi connectivity index (χ3n) is 3.32. The van der Waals surface area contributed by atoms with Gasteiger partial charge in [-0.3, -0.25) is 0 Å². The molecule has 2 atom stereocenters. The fraction of sp³-hybridized carbons (Fsp3) is 0.538. The lowest BCUT2D eigenvalue weighted by Gasteiger charge is -2.41. The molecule has 1 aliphatic rings. The summed E-state index contributed by atoms with van der Waals surface area (Å²) in [7, 11) is 0. The van der Waals surface area contributed by atoms with Gasteiger partial charge in [0.1, 0.15) is 17.5 Å². The van der Waals surface area contributed by atoms with Crippen molar-refractivity contribution in [2.24, 2.45) is 5.73 Å². The van der Waals surface area contributed by atoms with E-state index in [4.69, 9.17) is 10.5 Å². The van der Waals surface area contributed by atoms with E-state index in [1.807, 2.05) is 32.0 Å². The molecule has 0 aliphatic carbocycles. The van der Waals surface area contributed by atoms with Crippen molar-refractivity contribution in [1.82, 2.24) is 0 Å². The second-order valence-corrected chi connectivity index (χ2v) is 4.90. The van der Waals surface area contributed by atoms with Crippen molar-refractivity contribution < 1.29 is 9.84 Å². The van der Waals surface area contributed by atoms with Gasteiger partial charge in [-0.25, -0.2) is 0 Å². The molecular weight excluding hydrogens is 202 g/mol. The maximum Gasteiger partial charge on any atom is 0.126 e. The van der Waals surface area contributed by atoms with Crippen LogP contribution in [0.1, 0.15) is 38.0 Å². The summed E-state index contributed by atoms with van der Waals surface area (Å²) in [4.78, 5) is 0. The predicted octanol–water partition coefficient (Wildman–Crippen LogP) is 1.78. The Kier molecular flexibility index (Phi) is 2.68. The first-order valence-corrected chi connectivity index (χ1v) is 5.71. The molecule has 1 aliphatic heterocycles. The number of hydrogen-bond donors (Lipinski definition) is 2. The Morgan fingerprint density at radius 1 is 1.44 bits per heavy atom. The van der Waals surface area contributed by atoms with Gasteiger partial charge in [-0.2, -0.15) is 0 Å². The van der Waals surface area contributed by atoms with Gasteiger partial charge >= 0.3 is 0 Å². The standard InChI is InChI=1S/C13H19NO2/c1-4-8-5-6-10-9(7-8)11(15)12(14)13(2,3)16-10/h5-7,11-12,15H,4,14H2,1-3H3. The van der Waals surface area contributed by atoms with E-state index in [1.54, 1.807) is 0 Å². The lowest BCUT2D eigenvalue weighted by atomic mass is 9.86. The summed E-state index contributed by atoms with van der Waals surface area (Å²) in [5.74, 6) is 0.747. The van der Waals surface area contributed by atoms with Gasteiger partial charge in [0.15, 0.2) is 0 Å². The first kappa shape index (κ1) is 11.4. The van der Waals surface area contributed by atoms with Crippen LogP contribution in [0.25, 0.3) is 0 Å². The van der Waals surface area contributed by atoms with Crippen molar-refractivity contribution in [3.8, 4) is 5.75 Å². The summed E-state index contributed by atoms with van der Waals surface area (Å²) >= 11 is 0. The van der Waals surface area contributed by atoms with E-state index in [1.165, 1.54) is 5.56 Å². The Morgan fingerprint density at radius 3 is 2.75 bits per heavy atom. The third kappa shape index (κ3) is 1.70. The lowest BCUT2D eigenvalue weighted by molar-refractivity contribution is -0.0117. The Morgan fingerprint density at radius 2 is 2.12 bits per heavy atom. The topological polar surface area (TPSA) is 55.5 Å². The van der Waals surface area contributed by atoms with E-state index in [2.05, 4.69) is 6.92 Å². The molecule has 2 rings (SSSR count). The van der Waals surface area contributed by atoms with Crippen LogP contribution < -0.4 is 10.5 Å². The molecule has 0 bridgehead atoms. The average Bonchev–Trinajstić information content (AvgIpc) is 2.25. The zero-order valence-corrected chi connectivity index (χ0v) is 10.0. The van der Waals surface area contributed by atoms with E-state index in [9.17, 15) is 5.11 Å². The van der Waals surface area contributed by atoms with Crippen molar-refractivity contribution in [2.75, 3.05) is 0 Å². The zero-order chi connectivity index (χ0) is 11.9. The van der Waals surface area contributed by atoms with Crippen LogP contribution in [0, 0.1) is 0 Å². The average molecular weight is 221 g/mol. The number of rotatable bonds is 1. The number of nitrogens with two attached hydrogens (primary N) is 1. The first-order chi connectivity index (χ1) is 7.45. The lowest BCUT2D eigenvalue weighted by Crippen LogP contribution is -2.53. The van der Waals surface area contributed by atoms with Crippen molar-refractivity contribution in [2.45, 2.75) is 44.9 Å². The van der Waals surface area contributed by atoms with Crippen molar-refractivity contribution in [1.29, 1.82) is 0 Å². The highest BCUT2D eigenvalue weighted by Crippen LogP contribution is 2.39. The van der Waals surface area contributed by atoms with Gasteiger partial charge in [0.25, 0.3) is 0 Å². The summed E-state index contributed by atoms with van der Waals surface area (Å²) < 4.78 is 5.82. The second-order valence-electron chi connectivity index (χ2n) is 4.90. The largest absolute Gasteiger partial charge is 0.486 e. The van der Waals surface area contributed by atoms with Gasteiger partial charge in [0.2, 0.25) is 0 Å². The van der Waals surface area contributed by atoms with E-state index < -0.39 is 17.7 Å². The molecule has 3 heteroatoms. The summed E-state index contributed by atoms with van der Waals surface area (Å²) in [5.41, 5.74) is 7.46. The Labute approximate surface area is 96.2 Å². The number of ether oxygens (including phenoxy) is 1. The highest BCUT2D eigenvalue weighted by Gasteiger charge is 2.40. The minimum Gasteiger partial charge on any atom is -0.486 e. The number of fused-ring (bicyclic) bond motifs is 1. The summed E-state index contributed by atoms with van der Waals surface area (Å²) in [6, 6.07) is 5.53. The van der Waals surface area contributed by atoms with E-state index in [-0.39, 0.29) is 0 Å². The van der Waals surface area contributed by atoms with Gasteiger partial charge in [-0.15, -0.1) is 0 Å². The van der Waals surface area contributed by atoms with Crippen molar-refractivity contribution in [3.05, 3.63) is 29.3 Å². The number of aliphatic hydroxyl groups excluding tert-OH is 1. The molecule has 88 valence electrons. The highest BCUT2D eigenvalue weighted by atomic mass is 16.5. The molecule has 1 heterocycles. The van der Waals surface area contributed by atoms with E-state index in [0.29, 0.717) is 0 Å². The molecular formula is C13H19NO2. The summed E-state index contributed by atoms with van der Waals surface area (Å²) in [6.07, 6.45) is 0.295. The van der Waals surface area contributed by atoms with Gasteiger partial charge in [-0.05, 0) is 38.0 Å². The summed E-state index contributed by atoms with van der Waals surface area (Å²) in [5, 5.41) is 10.2. The number of aryl methyl sites for hydroxylation is 1. The van der Waals surface area contributed by atoms with Crippen LogP contribution in [0.4, 0.5) is 0 Å². The van der Waals surface area contributed by atoms with Gasteiger partial charge in [-0.1, -0.05) is 13.0 Å². The normalized spacial score (nSPS) is 27.1. The van der Waals surface area contributed by atoms with Crippen LogP contribution in [0.3, 0.4) is 0 Å². The van der Waals surface area contributed by atoms with E-state index in [0.717, 1.165) is 17.7 Å². The molecule has 0 spiro atoms. The maximum absolute atomic E-state index is 10.2. The van der Waals surface area contributed by atoms with Crippen LogP contribution in [0.5, 0.6) is 5.75 Å². The number of aliphatic hydroxyl groups is 1. The third-order valence-corrected chi connectivity index (χ3v) is 3.32. The SMILES string of the molecule is CCc1ccc2c(c1)C(O)C(N)C(C)(C)O2. The Bertz CT molecular complexity index is 401. The molecule has 16 heavy (non-hydrogen) atoms. The van der Waals surface area contributed by atoms with Gasteiger partial charge in [0, 0.05) is 5.56 Å². The molecule has 0 saturated carbocycles. The Hall–Kier alpha value is -1.06. The van der Waals surface area contributed by atoms with Crippen LogP contribution in [0.15, 0.2) is 18.2 Å². The molecule has 0 fully saturated rings. The molecule has 2 unspecified atom stereocenters. The first-order valence-electron chi connectivity index (χ1n) is 5.71. The molecule has 3 N–H and O–H groups in total. The molecule has 1 aromatic rings. The number of benzene rings is 1. The smallest absolute Gasteiger partial charge is 0.126 e. The zero-order valence-electron chi connectivity index (χ0n) is 10.0. The molecule has 0 amide bonds. The fourth-order valence-electron chi connectivity index (χ4n) is 2.07. The van der Waals surface area contributed by atoms with Crippen LogP contribution in [-0.2, 0) is 6.42 Å². The highest BCUT2D eigenvalue weighted by molar-refractivity contribution is 5.42.